The lowest BCUT2D eigenvalue weighted by Crippen LogP contribution is -1.98. The normalized spacial score (nSPS) is 52.4. The minimum Gasteiger partial charge on any atom is -0.0596 e. The summed E-state index contributed by atoms with van der Waals surface area (Å²) in [5, 5.41) is 0. The number of hydrogen-bond acceptors (Lipinski definition) is 0. The standard InChI is InChI=1S/C15H26/c1-13(2)7-9(13)11-12(15(11,5)6)10-8-14(10,3)4/h9-12H,7-8H2,1-6H3. The molecule has 0 aromatic heterocycles. The van der Waals surface area contributed by atoms with E-state index in [1.54, 1.807) is 0 Å². The zero-order valence-corrected chi connectivity index (χ0v) is 11.2. The van der Waals surface area contributed by atoms with Crippen molar-refractivity contribution in [3.8, 4) is 0 Å². The molecule has 0 aliphatic heterocycles. The van der Waals surface area contributed by atoms with E-state index >= 15 is 0 Å². The van der Waals surface area contributed by atoms with Crippen LogP contribution >= 0.6 is 0 Å². The van der Waals surface area contributed by atoms with Gasteiger partial charge >= 0.3 is 0 Å². The van der Waals surface area contributed by atoms with Gasteiger partial charge in [-0.2, -0.15) is 0 Å². The highest BCUT2D eigenvalue weighted by molar-refractivity contribution is 5.21. The molecule has 3 fully saturated rings. The van der Waals surface area contributed by atoms with Gasteiger partial charge in [0.25, 0.3) is 0 Å². The Morgan fingerprint density at radius 3 is 1.13 bits per heavy atom. The summed E-state index contributed by atoms with van der Waals surface area (Å²) in [6.45, 7) is 14.9. The molecule has 3 aliphatic rings. The number of hydrogen-bond donors (Lipinski definition) is 0. The predicted octanol–water partition coefficient (Wildman–Crippen LogP) is 4.35. The molecule has 15 heavy (non-hydrogen) atoms. The SMILES string of the molecule is CC1(C)CC1C1C(C2CC2(C)C)C1(C)C. The van der Waals surface area contributed by atoms with Crippen LogP contribution in [0.3, 0.4) is 0 Å². The van der Waals surface area contributed by atoms with Gasteiger partial charge in [0.15, 0.2) is 0 Å². The Morgan fingerprint density at radius 2 is 0.933 bits per heavy atom. The van der Waals surface area contributed by atoms with Crippen LogP contribution in [0.5, 0.6) is 0 Å². The van der Waals surface area contributed by atoms with Gasteiger partial charge in [0.2, 0.25) is 0 Å². The van der Waals surface area contributed by atoms with Crippen molar-refractivity contribution in [3.63, 3.8) is 0 Å². The Labute approximate surface area is 94.8 Å². The molecule has 0 amide bonds. The molecular formula is C15H26. The smallest absolute Gasteiger partial charge is 0.0286 e. The van der Waals surface area contributed by atoms with Gasteiger partial charge in [-0.3, -0.25) is 0 Å². The van der Waals surface area contributed by atoms with Gasteiger partial charge in [-0.25, -0.2) is 0 Å². The van der Waals surface area contributed by atoms with E-state index in [1.165, 1.54) is 12.8 Å². The summed E-state index contributed by atoms with van der Waals surface area (Å²) in [5.41, 5.74) is 2.02. The van der Waals surface area contributed by atoms with Gasteiger partial charge in [0, 0.05) is 0 Å². The van der Waals surface area contributed by atoms with E-state index in [1.807, 2.05) is 0 Å². The molecule has 3 rings (SSSR count). The van der Waals surface area contributed by atoms with Crippen LogP contribution in [-0.2, 0) is 0 Å². The first-order chi connectivity index (χ1) is 6.68. The van der Waals surface area contributed by atoms with Crippen molar-refractivity contribution in [1.29, 1.82) is 0 Å². The fourth-order valence-corrected chi connectivity index (χ4v) is 4.50. The van der Waals surface area contributed by atoms with E-state index < -0.39 is 0 Å². The second kappa shape index (κ2) is 2.31. The maximum Gasteiger partial charge on any atom is -0.0286 e. The molecule has 0 spiro atoms. The van der Waals surface area contributed by atoms with Crippen LogP contribution in [0.1, 0.15) is 54.4 Å². The average Bonchev–Trinajstić information content (AvgIpc) is 2.90. The van der Waals surface area contributed by atoms with Crippen LogP contribution in [-0.4, -0.2) is 0 Å². The van der Waals surface area contributed by atoms with Gasteiger partial charge in [-0.05, 0) is 52.8 Å². The lowest BCUT2D eigenvalue weighted by Gasteiger charge is -2.04. The molecular weight excluding hydrogens is 180 g/mol. The average molecular weight is 206 g/mol. The molecule has 0 saturated heterocycles. The molecule has 0 N–H and O–H groups in total. The molecule has 86 valence electrons. The fraction of sp³-hybridized carbons (Fsp3) is 1.00. The van der Waals surface area contributed by atoms with Gasteiger partial charge in [-0.1, -0.05) is 41.5 Å². The third kappa shape index (κ3) is 1.26. The lowest BCUT2D eigenvalue weighted by atomic mass is 10.0. The van der Waals surface area contributed by atoms with Gasteiger partial charge < -0.3 is 0 Å². The minimum absolute atomic E-state index is 0.664. The molecule has 0 aromatic carbocycles. The highest BCUT2D eigenvalue weighted by Crippen LogP contribution is 2.79. The van der Waals surface area contributed by atoms with Crippen molar-refractivity contribution >= 4 is 0 Å². The maximum atomic E-state index is 2.52. The highest BCUT2D eigenvalue weighted by atomic mass is 14.8. The van der Waals surface area contributed by atoms with E-state index in [0.717, 1.165) is 23.7 Å². The number of rotatable bonds is 2. The third-order valence-corrected chi connectivity index (χ3v) is 6.04. The van der Waals surface area contributed by atoms with Crippen molar-refractivity contribution in [2.24, 2.45) is 39.9 Å². The molecule has 0 aromatic rings. The minimum atomic E-state index is 0.664. The predicted molar refractivity (Wildman–Crippen MR) is 64.5 cm³/mol. The fourth-order valence-electron chi connectivity index (χ4n) is 4.50. The lowest BCUT2D eigenvalue weighted by molar-refractivity contribution is 0.444. The van der Waals surface area contributed by atoms with E-state index in [0.29, 0.717) is 16.2 Å². The second-order valence-electron chi connectivity index (χ2n) is 8.47. The summed E-state index contributed by atoms with van der Waals surface area (Å²) in [5.74, 6) is 4.21. The topological polar surface area (TPSA) is 0 Å². The van der Waals surface area contributed by atoms with Crippen molar-refractivity contribution in [1.82, 2.24) is 0 Å². The molecule has 0 nitrogen and oxygen atoms in total. The summed E-state index contributed by atoms with van der Waals surface area (Å²) in [6.07, 6.45) is 2.98. The van der Waals surface area contributed by atoms with E-state index in [4.69, 9.17) is 0 Å². The first-order valence-electron chi connectivity index (χ1n) is 6.68. The van der Waals surface area contributed by atoms with E-state index in [-0.39, 0.29) is 0 Å². The van der Waals surface area contributed by atoms with Crippen molar-refractivity contribution < 1.29 is 0 Å². The van der Waals surface area contributed by atoms with Crippen LogP contribution in [0.4, 0.5) is 0 Å². The Balaban J connectivity index is 1.73. The van der Waals surface area contributed by atoms with E-state index in [2.05, 4.69) is 41.5 Å². The van der Waals surface area contributed by atoms with Crippen LogP contribution in [0.15, 0.2) is 0 Å². The van der Waals surface area contributed by atoms with Gasteiger partial charge in [0.05, 0.1) is 0 Å². The Morgan fingerprint density at radius 1 is 0.667 bits per heavy atom. The zero-order chi connectivity index (χ0) is 11.2. The molecule has 3 saturated carbocycles. The largest absolute Gasteiger partial charge is 0.0596 e. The third-order valence-electron chi connectivity index (χ3n) is 6.04. The summed E-state index contributed by atoms with van der Waals surface area (Å²) >= 11 is 0. The molecule has 0 heteroatoms. The van der Waals surface area contributed by atoms with Crippen LogP contribution in [0.2, 0.25) is 0 Å². The Hall–Kier alpha value is 0. The Kier molecular flexibility index (Phi) is 1.57. The second-order valence-corrected chi connectivity index (χ2v) is 8.47. The molecule has 4 atom stereocenters. The summed E-state index contributed by atoms with van der Waals surface area (Å²) in [7, 11) is 0. The highest BCUT2D eigenvalue weighted by Gasteiger charge is 2.73. The quantitative estimate of drug-likeness (QED) is 0.630. The van der Waals surface area contributed by atoms with Gasteiger partial charge in [0.1, 0.15) is 0 Å². The summed E-state index contributed by atoms with van der Waals surface area (Å²) in [6, 6.07) is 0. The first kappa shape index (κ1) is 10.2. The van der Waals surface area contributed by atoms with E-state index in [9.17, 15) is 0 Å². The van der Waals surface area contributed by atoms with Crippen LogP contribution in [0, 0.1) is 39.9 Å². The summed E-state index contributed by atoms with van der Waals surface area (Å²) in [4.78, 5) is 0. The molecule has 0 heterocycles. The van der Waals surface area contributed by atoms with Crippen molar-refractivity contribution in [2.75, 3.05) is 0 Å². The van der Waals surface area contributed by atoms with Crippen molar-refractivity contribution in [2.45, 2.75) is 54.4 Å². The van der Waals surface area contributed by atoms with Crippen LogP contribution < -0.4 is 0 Å². The summed E-state index contributed by atoms with van der Waals surface area (Å²) < 4.78 is 0. The molecule has 3 aliphatic carbocycles. The monoisotopic (exact) mass is 206 g/mol. The first-order valence-corrected chi connectivity index (χ1v) is 6.68. The molecule has 0 bridgehead atoms. The maximum absolute atomic E-state index is 2.52. The van der Waals surface area contributed by atoms with Crippen LogP contribution in [0.25, 0.3) is 0 Å². The zero-order valence-electron chi connectivity index (χ0n) is 11.2. The van der Waals surface area contributed by atoms with Gasteiger partial charge in [-0.15, -0.1) is 0 Å². The van der Waals surface area contributed by atoms with Crippen molar-refractivity contribution in [3.05, 3.63) is 0 Å². The molecule has 4 unspecified atom stereocenters. The Bertz CT molecular complexity index is 278. The molecule has 0 radical (unpaired) electrons.